The van der Waals surface area contributed by atoms with Crippen molar-refractivity contribution in [2.24, 2.45) is 5.92 Å². The van der Waals surface area contributed by atoms with Crippen molar-refractivity contribution in [3.8, 4) is 0 Å². The molecule has 1 fully saturated rings. The Bertz CT molecular complexity index is 508. The Balaban J connectivity index is 1.94. The first-order chi connectivity index (χ1) is 9.45. The lowest BCUT2D eigenvalue weighted by molar-refractivity contribution is -0.143. The number of hydrogen-bond acceptors (Lipinski definition) is 2. The number of nitrogens with zero attached hydrogens (tertiary/aromatic N) is 1. The van der Waals surface area contributed by atoms with E-state index in [0.717, 1.165) is 0 Å². The van der Waals surface area contributed by atoms with Gasteiger partial charge < -0.3 is 15.3 Å². The summed E-state index contributed by atoms with van der Waals surface area (Å²) in [6.07, 6.45) is 0.943. The van der Waals surface area contributed by atoms with Gasteiger partial charge in [-0.05, 0) is 31.0 Å². The summed E-state index contributed by atoms with van der Waals surface area (Å²) in [5.41, 5.74) is 0.521. The van der Waals surface area contributed by atoms with Crippen LogP contribution in [0.2, 0.25) is 10.0 Å². The largest absolute Gasteiger partial charge is 0.481 e. The molecule has 1 aromatic rings. The van der Waals surface area contributed by atoms with Crippen LogP contribution in [0.5, 0.6) is 0 Å². The fraction of sp³-hybridized carbons (Fsp3) is 0.385. The number of anilines is 1. The second kappa shape index (κ2) is 6.33. The third-order valence-electron chi connectivity index (χ3n) is 3.25. The Morgan fingerprint density at radius 2 is 1.70 bits per heavy atom. The third-order valence-corrected chi connectivity index (χ3v) is 3.68. The van der Waals surface area contributed by atoms with Crippen LogP contribution in [0.15, 0.2) is 18.2 Å². The van der Waals surface area contributed by atoms with E-state index < -0.39 is 5.97 Å². The zero-order valence-electron chi connectivity index (χ0n) is 10.6. The molecule has 2 amide bonds. The van der Waals surface area contributed by atoms with Gasteiger partial charge >= 0.3 is 12.0 Å². The first-order valence-corrected chi connectivity index (χ1v) is 6.96. The molecule has 1 heterocycles. The molecule has 0 saturated carbocycles. The highest BCUT2D eigenvalue weighted by molar-refractivity contribution is 6.35. The van der Waals surface area contributed by atoms with Gasteiger partial charge in [-0.2, -0.15) is 0 Å². The number of halogens is 2. The lowest BCUT2D eigenvalue weighted by Gasteiger charge is -2.30. The molecular formula is C13H14Cl2N2O3. The molecule has 0 aromatic heterocycles. The van der Waals surface area contributed by atoms with E-state index in [2.05, 4.69) is 5.32 Å². The molecule has 108 valence electrons. The van der Waals surface area contributed by atoms with Crippen molar-refractivity contribution >= 4 is 40.9 Å². The molecular weight excluding hydrogens is 303 g/mol. The number of carbonyl (C=O) groups is 2. The van der Waals surface area contributed by atoms with E-state index >= 15 is 0 Å². The molecule has 1 aliphatic rings. The number of likely N-dealkylation sites (tertiary alicyclic amines) is 1. The van der Waals surface area contributed by atoms with Gasteiger partial charge in [0.1, 0.15) is 0 Å². The molecule has 0 aliphatic carbocycles. The minimum absolute atomic E-state index is 0.271. The number of amides is 2. The Morgan fingerprint density at radius 1 is 1.15 bits per heavy atom. The first kappa shape index (κ1) is 14.9. The number of rotatable bonds is 2. The van der Waals surface area contributed by atoms with Gasteiger partial charge in [-0.3, -0.25) is 4.79 Å². The number of carboxylic acids is 1. The zero-order chi connectivity index (χ0) is 14.7. The van der Waals surface area contributed by atoms with Crippen molar-refractivity contribution < 1.29 is 14.7 Å². The van der Waals surface area contributed by atoms with Crippen molar-refractivity contribution in [1.29, 1.82) is 0 Å². The SMILES string of the molecule is O=C(O)C1CCN(C(=O)Nc2cc(Cl)cc(Cl)c2)CC1. The average molecular weight is 317 g/mol. The lowest BCUT2D eigenvalue weighted by Crippen LogP contribution is -2.42. The highest BCUT2D eigenvalue weighted by Gasteiger charge is 2.26. The van der Waals surface area contributed by atoms with Crippen LogP contribution in [0.3, 0.4) is 0 Å². The zero-order valence-corrected chi connectivity index (χ0v) is 12.1. The van der Waals surface area contributed by atoms with Crippen LogP contribution in [-0.4, -0.2) is 35.1 Å². The van der Waals surface area contributed by atoms with Crippen molar-refractivity contribution in [2.45, 2.75) is 12.8 Å². The second-order valence-electron chi connectivity index (χ2n) is 4.69. The molecule has 0 radical (unpaired) electrons. The molecule has 5 nitrogen and oxygen atoms in total. The van der Waals surface area contributed by atoms with E-state index in [-0.39, 0.29) is 11.9 Å². The molecule has 1 saturated heterocycles. The highest BCUT2D eigenvalue weighted by atomic mass is 35.5. The Labute approximate surface area is 126 Å². The first-order valence-electron chi connectivity index (χ1n) is 6.20. The summed E-state index contributed by atoms with van der Waals surface area (Å²) in [5.74, 6) is -1.16. The van der Waals surface area contributed by atoms with Crippen LogP contribution in [0.1, 0.15) is 12.8 Å². The summed E-state index contributed by atoms with van der Waals surface area (Å²) in [6.45, 7) is 0.855. The number of aliphatic carboxylic acids is 1. The molecule has 20 heavy (non-hydrogen) atoms. The summed E-state index contributed by atoms with van der Waals surface area (Å²) in [6, 6.07) is 4.52. The van der Waals surface area contributed by atoms with Crippen LogP contribution in [-0.2, 0) is 4.79 Å². The van der Waals surface area contributed by atoms with Crippen molar-refractivity contribution in [3.05, 3.63) is 28.2 Å². The highest BCUT2D eigenvalue weighted by Crippen LogP contribution is 2.23. The fourth-order valence-corrected chi connectivity index (χ4v) is 2.68. The Kier molecular flexibility index (Phi) is 4.73. The van der Waals surface area contributed by atoms with Gasteiger partial charge in [-0.15, -0.1) is 0 Å². The number of carbonyl (C=O) groups excluding carboxylic acids is 1. The van der Waals surface area contributed by atoms with Gasteiger partial charge in [0, 0.05) is 28.8 Å². The average Bonchev–Trinajstić information content (AvgIpc) is 2.37. The smallest absolute Gasteiger partial charge is 0.321 e. The quantitative estimate of drug-likeness (QED) is 0.879. The summed E-state index contributed by atoms with van der Waals surface area (Å²) < 4.78 is 0. The summed E-state index contributed by atoms with van der Waals surface area (Å²) in [4.78, 5) is 24.5. The van der Waals surface area contributed by atoms with Gasteiger partial charge in [0.05, 0.1) is 5.92 Å². The van der Waals surface area contributed by atoms with Crippen LogP contribution in [0.25, 0.3) is 0 Å². The number of nitrogens with one attached hydrogen (secondary N) is 1. The molecule has 7 heteroatoms. The van der Waals surface area contributed by atoms with E-state index in [1.165, 1.54) is 0 Å². The molecule has 2 rings (SSSR count). The van der Waals surface area contributed by atoms with E-state index in [1.54, 1.807) is 23.1 Å². The summed E-state index contributed by atoms with van der Waals surface area (Å²) in [7, 11) is 0. The van der Waals surface area contributed by atoms with E-state index in [4.69, 9.17) is 28.3 Å². The molecule has 2 N–H and O–H groups in total. The van der Waals surface area contributed by atoms with Crippen molar-refractivity contribution in [2.75, 3.05) is 18.4 Å². The van der Waals surface area contributed by atoms with Gasteiger partial charge in [-0.1, -0.05) is 23.2 Å². The molecule has 1 aromatic carbocycles. The standard InChI is InChI=1S/C13H14Cl2N2O3/c14-9-5-10(15)7-11(6-9)16-13(20)17-3-1-8(2-4-17)12(18)19/h5-8H,1-4H2,(H,16,20)(H,18,19). The molecule has 0 unspecified atom stereocenters. The monoisotopic (exact) mass is 316 g/mol. The van der Waals surface area contributed by atoms with Crippen LogP contribution in [0, 0.1) is 5.92 Å². The van der Waals surface area contributed by atoms with Gasteiger partial charge in [0.25, 0.3) is 0 Å². The topological polar surface area (TPSA) is 69.6 Å². The second-order valence-corrected chi connectivity index (χ2v) is 5.56. The minimum Gasteiger partial charge on any atom is -0.481 e. The van der Waals surface area contributed by atoms with Crippen LogP contribution >= 0.6 is 23.2 Å². The summed E-state index contributed by atoms with van der Waals surface area (Å²) >= 11 is 11.7. The Morgan fingerprint density at radius 3 is 2.20 bits per heavy atom. The predicted octanol–water partition coefficient (Wildman–Crippen LogP) is 3.32. The summed E-state index contributed by atoms with van der Waals surface area (Å²) in [5, 5.41) is 12.5. The molecule has 0 bridgehead atoms. The van der Waals surface area contributed by atoms with Gasteiger partial charge in [-0.25, -0.2) is 4.79 Å². The third kappa shape index (κ3) is 3.77. The number of piperidine rings is 1. The van der Waals surface area contributed by atoms with Gasteiger partial charge in [0.2, 0.25) is 0 Å². The van der Waals surface area contributed by atoms with Crippen LogP contribution < -0.4 is 5.32 Å². The maximum Gasteiger partial charge on any atom is 0.321 e. The molecule has 1 aliphatic heterocycles. The van der Waals surface area contributed by atoms with E-state index in [9.17, 15) is 9.59 Å². The number of carboxylic acid groups (broad SMARTS) is 1. The number of benzene rings is 1. The number of hydrogen-bond donors (Lipinski definition) is 2. The lowest BCUT2D eigenvalue weighted by atomic mass is 9.97. The maximum atomic E-state index is 12.0. The van der Waals surface area contributed by atoms with E-state index in [0.29, 0.717) is 41.7 Å². The van der Waals surface area contributed by atoms with E-state index in [1.807, 2.05) is 0 Å². The Hall–Kier alpha value is -1.46. The predicted molar refractivity (Wildman–Crippen MR) is 77.4 cm³/mol. The van der Waals surface area contributed by atoms with Crippen LogP contribution in [0.4, 0.5) is 10.5 Å². The normalized spacial score (nSPS) is 16.0. The van der Waals surface area contributed by atoms with Gasteiger partial charge in [0.15, 0.2) is 0 Å². The molecule has 0 atom stereocenters. The molecule has 0 spiro atoms. The fourth-order valence-electron chi connectivity index (χ4n) is 2.16. The maximum absolute atomic E-state index is 12.0. The minimum atomic E-state index is -0.799. The van der Waals surface area contributed by atoms with Crippen molar-refractivity contribution in [1.82, 2.24) is 4.90 Å². The number of urea groups is 1. The van der Waals surface area contributed by atoms with Crippen molar-refractivity contribution in [3.63, 3.8) is 0 Å².